The van der Waals surface area contributed by atoms with Crippen molar-refractivity contribution >= 4 is 17.3 Å². The molecule has 0 amide bonds. The van der Waals surface area contributed by atoms with Crippen molar-refractivity contribution in [3.05, 3.63) is 59.4 Å². The summed E-state index contributed by atoms with van der Waals surface area (Å²) in [4.78, 5) is 13.7. The molecule has 0 heterocycles. The van der Waals surface area contributed by atoms with Gasteiger partial charge in [-0.05, 0) is 35.9 Å². The van der Waals surface area contributed by atoms with Gasteiger partial charge in [0.1, 0.15) is 5.82 Å². The van der Waals surface area contributed by atoms with Gasteiger partial charge < -0.3 is 15.4 Å². The Morgan fingerprint density at radius 3 is 2.52 bits per heavy atom. The topological polar surface area (TPSA) is 55.6 Å². The molecule has 0 aliphatic carbocycles. The molecule has 110 valence electrons. The van der Waals surface area contributed by atoms with E-state index in [9.17, 15) is 9.18 Å². The monoisotopic (exact) mass is 288 g/mol. The van der Waals surface area contributed by atoms with Gasteiger partial charge in [-0.3, -0.25) is 0 Å². The van der Waals surface area contributed by atoms with E-state index in [1.54, 1.807) is 30.3 Å². The minimum atomic E-state index is -0.441. The summed E-state index contributed by atoms with van der Waals surface area (Å²) in [5.41, 5.74) is 8.27. The zero-order valence-corrected chi connectivity index (χ0v) is 12.0. The summed E-state index contributed by atoms with van der Waals surface area (Å²) in [5.74, 6) is -0.715. The number of rotatable bonds is 4. The molecule has 0 bridgehead atoms. The van der Waals surface area contributed by atoms with Crippen LogP contribution in [0.3, 0.4) is 0 Å². The first-order valence-electron chi connectivity index (χ1n) is 6.44. The second kappa shape index (κ2) is 6.26. The van der Waals surface area contributed by atoms with E-state index in [0.29, 0.717) is 23.5 Å². The van der Waals surface area contributed by atoms with Crippen LogP contribution in [0.25, 0.3) is 0 Å². The van der Waals surface area contributed by atoms with E-state index in [1.807, 2.05) is 11.9 Å². The minimum absolute atomic E-state index is 0.274. The average Bonchev–Trinajstić information content (AvgIpc) is 2.48. The number of anilines is 2. The number of carbonyl (C=O) groups is 1. The maximum atomic E-state index is 12.9. The number of nitrogen functional groups attached to an aromatic ring is 1. The van der Waals surface area contributed by atoms with Crippen LogP contribution in [0.4, 0.5) is 15.8 Å². The Morgan fingerprint density at radius 1 is 1.24 bits per heavy atom. The number of halogens is 1. The van der Waals surface area contributed by atoms with E-state index >= 15 is 0 Å². The summed E-state index contributed by atoms with van der Waals surface area (Å²) in [6.07, 6.45) is 0. The van der Waals surface area contributed by atoms with Crippen molar-refractivity contribution in [1.82, 2.24) is 0 Å². The van der Waals surface area contributed by atoms with Crippen molar-refractivity contribution in [2.75, 3.05) is 24.8 Å². The molecule has 21 heavy (non-hydrogen) atoms. The van der Waals surface area contributed by atoms with Crippen LogP contribution in [-0.2, 0) is 11.3 Å². The van der Waals surface area contributed by atoms with E-state index < -0.39 is 5.97 Å². The van der Waals surface area contributed by atoms with Gasteiger partial charge in [0.2, 0.25) is 0 Å². The molecule has 2 N–H and O–H groups in total. The quantitative estimate of drug-likeness (QED) is 0.694. The number of hydrogen-bond acceptors (Lipinski definition) is 4. The molecule has 2 aromatic rings. The molecule has 2 rings (SSSR count). The molecule has 0 unspecified atom stereocenters. The van der Waals surface area contributed by atoms with Crippen LogP contribution in [0, 0.1) is 5.82 Å². The van der Waals surface area contributed by atoms with Crippen molar-refractivity contribution in [1.29, 1.82) is 0 Å². The van der Waals surface area contributed by atoms with Crippen LogP contribution in [0.15, 0.2) is 42.5 Å². The lowest BCUT2D eigenvalue weighted by Gasteiger charge is -2.22. The fourth-order valence-corrected chi connectivity index (χ4v) is 2.11. The van der Waals surface area contributed by atoms with Gasteiger partial charge in [-0.2, -0.15) is 0 Å². The van der Waals surface area contributed by atoms with Crippen LogP contribution in [0.5, 0.6) is 0 Å². The Balaban J connectivity index is 2.28. The predicted octanol–water partition coefficient (Wildman–Crippen LogP) is 2.83. The molecule has 0 fully saturated rings. The molecule has 0 saturated heterocycles. The molecule has 0 aliphatic rings. The third-order valence-electron chi connectivity index (χ3n) is 3.17. The molecular weight excluding hydrogens is 271 g/mol. The molecular formula is C16H17FN2O2. The molecule has 0 aromatic heterocycles. The third kappa shape index (κ3) is 3.51. The Morgan fingerprint density at radius 2 is 1.90 bits per heavy atom. The molecule has 0 atom stereocenters. The highest BCUT2D eigenvalue weighted by atomic mass is 19.1. The summed E-state index contributed by atoms with van der Waals surface area (Å²) < 4.78 is 17.7. The summed E-state index contributed by atoms with van der Waals surface area (Å²) in [6.45, 7) is 0.536. The summed E-state index contributed by atoms with van der Waals surface area (Å²) in [6, 6.07) is 11.3. The largest absolute Gasteiger partial charge is 0.465 e. The van der Waals surface area contributed by atoms with Gasteiger partial charge in [0, 0.05) is 19.3 Å². The number of methoxy groups -OCH3 is 1. The lowest BCUT2D eigenvalue weighted by atomic mass is 10.1. The second-order valence-corrected chi connectivity index (χ2v) is 4.75. The highest BCUT2D eigenvalue weighted by Gasteiger charge is 2.15. The molecule has 4 nitrogen and oxygen atoms in total. The zero-order chi connectivity index (χ0) is 15.4. The standard InChI is InChI=1S/C16H17FN2O2/c1-19(10-11-3-5-12(17)6-4-11)15-8-7-13(18)9-14(15)16(20)21-2/h3-9H,10,18H2,1-2H3. The fraction of sp³-hybridized carbons (Fsp3) is 0.188. The third-order valence-corrected chi connectivity index (χ3v) is 3.17. The maximum absolute atomic E-state index is 12.9. The Bertz CT molecular complexity index is 641. The Kier molecular flexibility index (Phi) is 4.42. The number of nitrogens with two attached hydrogens (primary N) is 1. The van der Waals surface area contributed by atoms with E-state index in [4.69, 9.17) is 10.5 Å². The smallest absolute Gasteiger partial charge is 0.340 e. The fourth-order valence-electron chi connectivity index (χ4n) is 2.11. The van der Waals surface area contributed by atoms with Crippen LogP contribution in [0.2, 0.25) is 0 Å². The highest BCUT2D eigenvalue weighted by molar-refractivity contribution is 5.96. The zero-order valence-electron chi connectivity index (χ0n) is 12.0. The Hall–Kier alpha value is -2.56. The van der Waals surface area contributed by atoms with Crippen molar-refractivity contribution in [2.24, 2.45) is 0 Å². The van der Waals surface area contributed by atoms with Crippen LogP contribution >= 0.6 is 0 Å². The van der Waals surface area contributed by atoms with Gasteiger partial charge in [-0.15, -0.1) is 0 Å². The van der Waals surface area contributed by atoms with E-state index in [0.717, 1.165) is 5.56 Å². The normalized spacial score (nSPS) is 10.2. The Labute approximate surface area is 122 Å². The molecule has 0 saturated carbocycles. The first kappa shape index (κ1) is 14.8. The number of benzene rings is 2. The minimum Gasteiger partial charge on any atom is -0.465 e. The number of nitrogens with zero attached hydrogens (tertiary/aromatic N) is 1. The number of ether oxygens (including phenoxy) is 1. The van der Waals surface area contributed by atoms with Crippen molar-refractivity contribution < 1.29 is 13.9 Å². The van der Waals surface area contributed by atoms with E-state index in [2.05, 4.69) is 0 Å². The van der Waals surface area contributed by atoms with Crippen LogP contribution in [-0.4, -0.2) is 20.1 Å². The van der Waals surface area contributed by atoms with Gasteiger partial charge in [-0.25, -0.2) is 9.18 Å². The number of esters is 1. The highest BCUT2D eigenvalue weighted by Crippen LogP contribution is 2.24. The predicted molar refractivity (Wildman–Crippen MR) is 80.7 cm³/mol. The number of hydrogen-bond donors (Lipinski definition) is 1. The van der Waals surface area contributed by atoms with Crippen LogP contribution < -0.4 is 10.6 Å². The molecule has 0 spiro atoms. The van der Waals surface area contributed by atoms with Crippen molar-refractivity contribution in [2.45, 2.75) is 6.54 Å². The van der Waals surface area contributed by atoms with Gasteiger partial charge >= 0.3 is 5.97 Å². The van der Waals surface area contributed by atoms with E-state index in [-0.39, 0.29) is 5.82 Å². The molecule has 0 aliphatic heterocycles. The van der Waals surface area contributed by atoms with E-state index in [1.165, 1.54) is 19.2 Å². The van der Waals surface area contributed by atoms with Gasteiger partial charge in [-0.1, -0.05) is 12.1 Å². The lowest BCUT2D eigenvalue weighted by Crippen LogP contribution is -2.20. The number of carbonyl (C=O) groups excluding carboxylic acids is 1. The summed E-state index contributed by atoms with van der Waals surface area (Å²) in [7, 11) is 3.18. The second-order valence-electron chi connectivity index (χ2n) is 4.75. The molecule has 5 heteroatoms. The summed E-state index contributed by atoms with van der Waals surface area (Å²) in [5, 5.41) is 0. The van der Waals surface area contributed by atoms with Gasteiger partial charge in [0.25, 0.3) is 0 Å². The lowest BCUT2D eigenvalue weighted by molar-refractivity contribution is 0.0601. The summed E-state index contributed by atoms with van der Waals surface area (Å²) >= 11 is 0. The van der Waals surface area contributed by atoms with Crippen LogP contribution in [0.1, 0.15) is 15.9 Å². The van der Waals surface area contributed by atoms with Crippen molar-refractivity contribution in [3.8, 4) is 0 Å². The SMILES string of the molecule is COC(=O)c1cc(N)ccc1N(C)Cc1ccc(F)cc1. The molecule has 2 aromatic carbocycles. The molecule has 0 radical (unpaired) electrons. The maximum Gasteiger partial charge on any atom is 0.340 e. The van der Waals surface area contributed by atoms with Gasteiger partial charge in [0.15, 0.2) is 0 Å². The van der Waals surface area contributed by atoms with Crippen molar-refractivity contribution in [3.63, 3.8) is 0 Å². The first-order chi connectivity index (χ1) is 10.0. The van der Waals surface area contributed by atoms with Gasteiger partial charge in [0.05, 0.1) is 18.4 Å². The average molecular weight is 288 g/mol. The first-order valence-corrected chi connectivity index (χ1v) is 6.44.